The zero-order chi connectivity index (χ0) is 10.2. The summed E-state index contributed by atoms with van der Waals surface area (Å²) in [5, 5.41) is 0. The second-order valence-corrected chi connectivity index (χ2v) is 6.48. The summed E-state index contributed by atoms with van der Waals surface area (Å²) in [5.41, 5.74) is 0. The van der Waals surface area contributed by atoms with Crippen LogP contribution in [0.1, 0.15) is 0 Å². The Morgan fingerprint density at radius 1 is 1.46 bits per heavy atom. The van der Waals surface area contributed by atoms with Gasteiger partial charge >= 0.3 is 10.2 Å². The molecule has 74 valence electrons. The molecule has 0 saturated carbocycles. The molecule has 0 unspecified atom stereocenters. The third-order valence-electron chi connectivity index (χ3n) is 1.35. The van der Waals surface area contributed by atoms with Gasteiger partial charge in [-0.15, -0.1) is 0 Å². The average Bonchev–Trinajstić information content (AvgIpc) is 2.33. The molecule has 0 aliphatic heterocycles. The van der Waals surface area contributed by atoms with Crippen LogP contribution in [-0.2, 0) is 10.2 Å². The van der Waals surface area contributed by atoms with E-state index in [0.717, 1.165) is 8.28 Å². The molecule has 0 aromatic carbocycles. The average molecular weight is 427 g/mol. The van der Waals surface area contributed by atoms with Gasteiger partial charge in [0.05, 0.1) is 0 Å². The predicted octanol–water partition coefficient (Wildman–Crippen LogP) is 0.747. The van der Waals surface area contributed by atoms with E-state index in [2.05, 4.69) is 4.98 Å². The molecule has 0 N–H and O–H groups in total. The third kappa shape index (κ3) is 2.15. The van der Waals surface area contributed by atoms with Crippen molar-refractivity contribution in [1.29, 1.82) is 0 Å². The maximum atomic E-state index is 11.6. The van der Waals surface area contributed by atoms with Crippen molar-refractivity contribution in [1.82, 2.24) is 13.3 Å². The Bertz CT molecular complexity index is 411. The van der Waals surface area contributed by atoms with Gasteiger partial charge in [0.1, 0.15) is 13.7 Å². The SMILES string of the molecule is CN(C)S(=O)(=O)n1cnc(I)c1I. The van der Waals surface area contributed by atoms with Crippen molar-refractivity contribution in [3.63, 3.8) is 0 Å². The number of rotatable bonds is 2. The monoisotopic (exact) mass is 427 g/mol. The molecular weight excluding hydrogens is 420 g/mol. The third-order valence-corrected chi connectivity index (χ3v) is 6.23. The quantitative estimate of drug-likeness (QED) is 0.656. The Morgan fingerprint density at radius 2 is 2.00 bits per heavy atom. The van der Waals surface area contributed by atoms with Crippen molar-refractivity contribution < 1.29 is 8.42 Å². The zero-order valence-electron chi connectivity index (χ0n) is 6.90. The summed E-state index contributed by atoms with van der Waals surface area (Å²) in [5.74, 6) is 0. The minimum atomic E-state index is -3.41. The molecule has 0 amide bonds. The lowest BCUT2D eigenvalue weighted by Gasteiger charge is -2.11. The molecule has 0 spiro atoms. The largest absolute Gasteiger partial charge is 0.309 e. The molecule has 1 aromatic heterocycles. The van der Waals surface area contributed by atoms with Crippen molar-refractivity contribution >= 4 is 55.4 Å². The van der Waals surface area contributed by atoms with Crippen molar-refractivity contribution in [2.24, 2.45) is 0 Å². The van der Waals surface area contributed by atoms with E-state index < -0.39 is 10.2 Å². The number of nitrogens with zero attached hydrogens (tertiary/aromatic N) is 3. The van der Waals surface area contributed by atoms with E-state index in [4.69, 9.17) is 0 Å². The summed E-state index contributed by atoms with van der Waals surface area (Å²) in [6.07, 6.45) is 1.30. The molecule has 0 radical (unpaired) electrons. The molecule has 0 fully saturated rings. The molecule has 5 nitrogen and oxygen atoms in total. The highest BCUT2D eigenvalue weighted by Gasteiger charge is 2.20. The van der Waals surface area contributed by atoms with E-state index in [1.807, 2.05) is 45.2 Å². The first-order valence-corrected chi connectivity index (χ1v) is 6.74. The van der Waals surface area contributed by atoms with Crippen LogP contribution in [0.25, 0.3) is 0 Å². The zero-order valence-corrected chi connectivity index (χ0v) is 12.0. The van der Waals surface area contributed by atoms with Crippen molar-refractivity contribution in [2.45, 2.75) is 0 Å². The second-order valence-electron chi connectivity index (χ2n) is 2.41. The van der Waals surface area contributed by atoms with Crippen LogP contribution in [0.2, 0.25) is 0 Å². The van der Waals surface area contributed by atoms with Crippen LogP contribution in [0, 0.1) is 7.40 Å². The maximum Gasteiger partial charge on any atom is 0.309 e. The first-order chi connectivity index (χ1) is 5.87. The lowest BCUT2D eigenvalue weighted by atomic mass is 11.0. The number of imidazole rings is 1. The molecule has 0 aliphatic rings. The van der Waals surface area contributed by atoms with Gasteiger partial charge in [0.25, 0.3) is 0 Å². The van der Waals surface area contributed by atoms with Gasteiger partial charge in [-0.2, -0.15) is 12.7 Å². The lowest BCUT2D eigenvalue weighted by molar-refractivity contribution is 0.509. The molecule has 8 heteroatoms. The van der Waals surface area contributed by atoms with Crippen molar-refractivity contribution in [3.8, 4) is 0 Å². The van der Waals surface area contributed by atoms with Crippen LogP contribution in [0.5, 0.6) is 0 Å². The molecule has 1 heterocycles. The van der Waals surface area contributed by atoms with Crippen LogP contribution < -0.4 is 0 Å². The fourth-order valence-electron chi connectivity index (χ4n) is 0.635. The normalized spacial score (nSPS) is 12.4. The van der Waals surface area contributed by atoms with Gasteiger partial charge in [0.15, 0.2) is 0 Å². The van der Waals surface area contributed by atoms with Gasteiger partial charge in [-0.3, -0.25) is 0 Å². The van der Waals surface area contributed by atoms with Gasteiger partial charge < -0.3 is 0 Å². The second kappa shape index (κ2) is 3.98. The highest BCUT2D eigenvalue weighted by molar-refractivity contribution is 14.1. The molecule has 0 aliphatic carbocycles. The molecule has 0 bridgehead atoms. The van der Waals surface area contributed by atoms with E-state index in [1.54, 1.807) is 0 Å². The minimum absolute atomic E-state index is 0.604. The molecule has 13 heavy (non-hydrogen) atoms. The van der Waals surface area contributed by atoms with Crippen molar-refractivity contribution in [2.75, 3.05) is 14.1 Å². The van der Waals surface area contributed by atoms with Gasteiger partial charge in [-0.05, 0) is 45.2 Å². The fourth-order valence-corrected chi connectivity index (χ4v) is 3.00. The van der Waals surface area contributed by atoms with E-state index in [1.165, 1.54) is 20.4 Å². The minimum Gasteiger partial charge on any atom is -0.228 e. The first kappa shape index (κ1) is 11.7. The number of hydrogen-bond donors (Lipinski definition) is 0. The Hall–Kier alpha value is 0.580. The lowest BCUT2D eigenvalue weighted by Crippen LogP contribution is -2.29. The van der Waals surface area contributed by atoms with Crippen LogP contribution >= 0.6 is 45.2 Å². The van der Waals surface area contributed by atoms with Gasteiger partial charge in [0.2, 0.25) is 0 Å². The molecule has 0 atom stereocenters. The van der Waals surface area contributed by atoms with Crippen molar-refractivity contribution in [3.05, 3.63) is 13.7 Å². The predicted molar refractivity (Wildman–Crippen MR) is 65.7 cm³/mol. The number of halogens is 2. The molecule has 1 rings (SSSR count). The Balaban J connectivity index is 3.32. The van der Waals surface area contributed by atoms with Crippen LogP contribution in [0.4, 0.5) is 0 Å². The summed E-state index contributed by atoms with van der Waals surface area (Å²) < 4.78 is 26.8. The molecule has 0 saturated heterocycles. The number of hydrogen-bond acceptors (Lipinski definition) is 3. The topological polar surface area (TPSA) is 55.2 Å². The highest BCUT2D eigenvalue weighted by Crippen LogP contribution is 2.15. The summed E-state index contributed by atoms with van der Waals surface area (Å²) in [4.78, 5) is 3.90. The maximum absolute atomic E-state index is 11.6. The Labute approximate surface area is 104 Å². The van der Waals surface area contributed by atoms with Crippen LogP contribution in [-0.4, -0.2) is 35.8 Å². The van der Waals surface area contributed by atoms with Crippen LogP contribution in [0.15, 0.2) is 6.33 Å². The summed E-state index contributed by atoms with van der Waals surface area (Å²) in [7, 11) is -0.443. The van der Waals surface area contributed by atoms with E-state index in [-0.39, 0.29) is 0 Å². The van der Waals surface area contributed by atoms with Gasteiger partial charge in [-0.1, -0.05) is 0 Å². The van der Waals surface area contributed by atoms with E-state index in [9.17, 15) is 8.42 Å². The Morgan fingerprint density at radius 3 is 2.31 bits per heavy atom. The van der Waals surface area contributed by atoms with Gasteiger partial charge in [-0.25, -0.2) is 8.96 Å². The van der Waals surface area contributed by atoms with E-state index >= 15 is 0 Å². The van der Waals surface area contributed by atoms with Gasteiger partial charge in [0, 0.05) is 14.1 Å². The first-order valence-electron chi connectivity index (χ1n) is 3.18. The summed E-state index contributed by atoms with van der Waals surface area (Å²) in [6.45, 7) is 0. The smallest absolute Gasteiger partial charge is 0.228 e. The highest BCUT2D eigenvalue weighted by atomic mass is 127. The molecular formula is C5H7I2N3O2S. The number of aromatic nitrogens is 2. The standard InChI is InChI=1S/C5H7I2N3O2S/c1-9(2)13(11,12)10-3-8-4(6)5(10)7/h3H,1-2H3. The molecule has 1 aromatic rings. The van der Waals surface area contributed by atoms with Crippen LogP contribution in [0.3, 0.4) is 0 Å². The summed E-state index contributed by atoms with van der Waals surface area (Å²) >= 11 is 3.93. The Kier molecular flexibility index (Phi) is 3.57. The fraction of sp³-hybridized carbons (Fsp3) is 0.400. The van der Waals surface area contributed by atoms with E-state index in [0.29, 0.717) is 7.40 Å². The summed E-state index contributed by atoms with van der Waals surface area (Å²) in [6, 6.07) is 0.